The van der Waals surface area contributed by atoms with Gasteiger partial charge in [-0.25, -0.2) is 0 Å². The number of nitrogens with one attached hydrogen (secondary N) is 1. The van der Waals surface area contributed by atoms with E-state index in [0.29, 0.717) is 10.8 Å². The van der Waals surface area contributed by atoms with Crippen LogP contribution in [0.5, 0.6) is 5.75 Å². The van der Waals surface area contributed by atoms with Gasteiger partial charge < -0.3 is 10.1 Å². The minimum atomic E-state index is 0.344. The molecule has 1 aliphatic carbocycles. The highest BCUT2D eigenvalue weighted by Crippen LogP contribution is 2.45. The van der Waals surface area contributed by atoms with Crippen LogP contribution in [-0.2, 0) is 6.42 Å². The molecule has 1 aromatic rings. The Labute approximate surface area is 122 Å². The summed E-state index contributed by atoms with van der Waals surface area (Å²) < 4.78 is 6.20. The molecule has 0 atom stereocenters. The summed E-state index contributed by atoms with van der Waals surface area (Å²) >= 11 is 0. The standard InChI is InChI=1S/C18H27NO/c1-17(2)8-10-18(3,11-9-17)13-20-15-6-4-5-14-7-12-19-16(14)15/h4-6,19H,7-13H2,1-3H3. The number of hydrogen-bond acceptors (Lipinski definition) is 2. The lowest BCUT2D eigenvalue weighted by Gasteiger charge is -2.41. The van der Waals surface area contributed by atoms with Crippen molar-refractivity contribution in [3.05, 3.63) is 23.8 Å². The Balaban J connectivity index is 1.64. The first-order valence-corrected chi connectivity index (χ1v) is 7.96. The molecule has 2 aliphatic rings. The maximum atomic E-state index is 6.20. The highest BCUT2D eigenvalue weighted by Gasteiger charge is 2.35. The molecule has 1 aliphatic heterocycles. The van der Waals surface area contributed by atoms with Gasteiger partial charge in [0.2, 0.25) is 0 Å². The molecule has 0 radical (unpaired) electrons. The molecule has 2 nitrogen and oxygen atoms in total. The van der Waals surface area contributed by atoms with Crippen LogP contribution in [-0.4, -0.2) is 13.2 Å². The highest BCUT2D eigenvalue weighted by molar-refractivity contribution is 5.65. The fourth-order valence-corrected chi connectivity index (χ4v) is 3.35. The van der Waals surface area contributed by atoms with E-state index in [0.717, 1.165) is 25.3 Å². The minimum absolute atomic E-state index is 0.344. The van der Waals surface area contributed by atoms with Crippen molar-refractivity contribution in [1.82, 2.24) is 0 Å². The quantitative estimate of drug-likeness (QED) is 0.866. The molecular weight excluding hydrogens is 246 g/mol. The van der Waals surface area contributed by atoms with Gasteiger partial charge in [-0.1, -0.05) is 32.9 Å². The molecule has 1 fully saturated rings. The SMILES string of the molecule is CC1(C)CCC(C)(COc2cccc3c2NCC3)CC1. The lowest BCUT2D eigenvalue weighted by molar-refractivity contribution is 0.0661. The van der Waals surface area contributed by atoms with E-state index >= 15 is 0 Å². The van der Waals surface area contributed by atoms with Gasteiger partial charge in [-0.2, -0.15) is 0 Å². The Hall–Kier alpha value is -1.18. The minimum Gasteiger partial charge on any atom is -0.491 e. The molecule has 1 N–H and O–H groups in total. The number of fused-ring (bicyclic) bond motifs is 1. The van der Waals surface area contributed by atoms with E-state index in [-0.39, 0.29) is 0 Å². The molecule has 0 saturated heterocycles. The number of anilines is 1. The van der Waals surface area contributed by atoms with Crippen LogP contribution in [0.3, 0.4) is 0 Å². The number of rotatable bonds is 3. The number of benzene rings is 1. The second-order valence-electron chi connectivity index (χ2n) is 7.73. The fraction of sp³-hybridized carbons (Fsp3) is 0.667. The summed E-state index contributed by atoms with van der Waals surface area (Å²) in [6.45, 7) is 9.06. The molecule has 20 heavy (non-hydrogen) atoms. The molecule has 0 amide bonds. The third kappa shape index (κ3) is 2.79. The summed E-state index contributed by atoms with van der Waals surface area (Å²) in [4.78, 5) is 0. The maximum Gasteiger partial charge on any atom is 0.142 e. The zero-order chi connectivity index (χ0) is 14.2. The lowest BCUT2D eigenvalue weighted by Crippen LogP contribution is -2.33. The van der Waals surface area contributed by atoms with Crippen LogP contribution < -0.4 is 10.1 Å². The third-order valence-electron chi connectivity index (χ3n) is 5.20. The smallest absolute Gasteiger partial charge is 0.142 e. The first-order valence-electron chi connectivity index (χ1n) is 7.96. The van der Waals surface area contributed by atoms with Crippen LogP contribution in [0.1, 0.15) is 52.0 Å². The van der Waals surface area contributed by atoms with E-state index in [9.17, 15) is 0 Å². The van der Waals surface area contributed by atoms with Gasteiger partial charge in [0.1, 0.15) is 5.75 Å². The van der Waals surface area contributed by atoms with Gasteiger partial charge >= 0.3 is 0 Å². The van der Waals surface area contributed by atoms with Crippen LogP contribution in [0.25, 0.3) is 0 Å². The van der Waals surface area contributed by atoms with Crippen molar-refractivity contribution < 1.29 is 4.74 Å². The Morgan fingerprint density at radius 3 is 2.60 bits per heavy atom. The first kappa shape index (κ1) is 13.8. The summed E-state index contributed by atoms with van der Waals surface area (Å²) in [7, 11) is 0. The van der Waals surface area contributed by atoms with E-state index in [4.69, 9.17) is 4.74 Å². The summed E-state index contributed by atoms with van der Waals surface area (Å²) in [6, 6.07) is 6.42. The van der Waals surface area contributed by atoms with Crippen LogP contribution in [0.15, 0.2) is 18.2 Å². The van der Waals surface area contributed by atoms with E-state index in [1.165, 1.54) is 36.9 Å². The molecule has 110 valence electrons. The predicted octanol–water partition coefficient (Wildman–Crippen LogP) is 4.64. The van der Waals surface area contributed by atoms with E-state index < -0.39 is 0 Å². The van der Waals surface area contributed by atoms with E-state index in [2.05, 4.69) is 44.3 Å². The first-order chi connectivity index (χ1) is 9.48. The summed E-state index contributed by atoms with van der Waals surface area (Å²) in [5.41, 5.74) is 3.50. The van der Waals surface area contributed by atoms with Crippen LogP contribution in [0, 0.1) is 10.8 Å². The van der Waals surface area contributed by atoms with Crippen molar-refractivity contribution in [1.29, 1.82) is 0 Å². The van der Waals surface area contributed by atoms with Gasteiger partial charge in [0.05, 0.1) is 12.3 Å². The Morgan fingerprint density at radius 2 is 1.85 bits per heavy atom. The average molecular weight is 273 g/mol. The Bertz CT molecular complexity index is 482. The molecule has 0 spiro atoms. The van der Waals surface area contributed by atoms with Crippen molar-refractivity contribution in [2.75, 3.05) is 18.5 Å². The lowest BCUT2D eigenvalue weighted by atomic mass is 9.66. The Kier molecular flexibility index (Phi) is 3.43. The van der Waals surface area contributed by atoms with Crippen LogP contribution in [0.2, 0.25) is 0 Å². The summed E-state index contributed by atoms with van der Waals surface area (Å²) in [5.74, 6) is 1.05. The van der Waals surface area contributed by atoms with Gasteiger partial charge in [0, 0.05) is 12.0 Å². The number of ether oxygens (including phenoxy) is 1. The van der Waals surface area contributed by atoms with Crippen LogP contribution in [0.4, 0.5) is 5.69 Å². The van der Waals surface area contributed by atoms with E-state index in [1.807, 2.05) is 0 Å². The normalized spacial score (nSPS) is 22.9. The van der Waals surface area contributed by atoms with Gasteiger partial charge in [0.15, 0.2) is 0 Å². The topological polar surface area (TPSA) is 21.3 Å². The second kappa shape index (κ2) is 4.98. The highest BCUT2D eigenvalue weighted by atomic mass is 16.5. The summed E-state index contributed by atoms with van der Waals surface area (Å²) in [6.07, 6.45) is 6.32. The molecular formula is C18H27NO. The van der Waals surface area contributed by atoms with Crippen molar-refractivity contribution in [2.45, 2.75) is 52.9 Å². The largest absolute Gasteiger partial charge is 0.491 e. The van der Waals surface area contributed by atoms with Gasteiger partial charge in [0.25, 0.3) is 0 Å². The second-order valence-corrected chi connectivity index (χ2v) is 7.73. The molecule has 0 unspecified atom stereocenters. The monoisotopic (exact) mass is 273 g/mol. The van der Waals surface area contributed by atoms with Crippen molar-refractivity contribution in [2.24, 2.45) is 10.8 Å². The summed E-state index contributed by atoms with van der Waals surface area (Å²) in [5, 5.41) is 3.46. The zero-order valence-electron chi connectivity index (χ0n) is 13.1. The molecule has 2 heteroatoms. The molecule has 1 heterocycles. The van der Waals surface area contributed by atoms with Crippen molar-refractivity contribution in [3.8, 4) is 5.75 Å². The maximum absolute atomic E-state index is 6.20. The van der Waals surface area contributed by atoms with E-state index in [1.54, 1.807) is 0 Å². The predicted molar refractivity (Wildman–Crippen MR) is 84.5 cm³/mol. The van der Waals surface area contributed by atoms with Crippen molar-refractivity contribution >= 4 is 5.69 Å². The number of hydrogen-bond donors (Lipinski definition) is 1. The molecule has 0 aromatic heterocycles. The average Bonchev–Trinajstić information content (AvgIpc) is 2.89. The zero-order valence-corrected chi connectivity index (χ0v) is 13.1. The molecule has 1 aromatic carbocycles. The van der Waals surface area contributed by atoms with Gasteiger partial charge in [-0.3, -0.25) is 0 Å². The molecule has 0 bridgehead atoms. The Morgan fingerprint density at radius 1 is 1.10 bits per heavy atom. The number of para-hydroxylation sites is 1. The molecule has 1 saturated carbocycles. The van der Waals surface area contributed by atoms with Gasteiger partial charge in [-0.05, 0) is 49.1 Å². The van der Waals surface area contributed by atoms with Crippen LogP contribution >= 0.6 is 0 Å². The van der Waals surface area contributed by atoms with Gasteiger partial charge in [-0.15, -0.1) is 0 Å². The third-order valence-corrected chi connectivity index (χ3v) is 5.20. The fourth-order valence-electron chi connectivity index (χ4n) is 3.35. The van der Waals surface area contributed by atoms with Crippen molar-refractivity contribution in [3.63, 3.8) is 0 Å². The molecule has 3 rings (SSSR count).